The van der Waals surface area contributed by atoms with Crippen LogP contribution in [0.4, 0.5) is 0 Å². The fraction of sp³-hybridized carbons (Fsp3) is 0.385. The Kier molecular flexibility index (Phi) is 6.35. The summed E-state index contributed by atoms with van der Waals surface area (Å²) in [7, 11) is 0. The van der Waals surface area contributed by atoms with Crippen LogP contribution in [0, 0.1) is 0 Å². The lowest BCUT2D eigenvalue weighted by Crippen LogP contribution is -2.41. The molecule has 0 fully saturated rings. The third-order valence-electron chi connectivity index (χ3n) is 2.18. The van der Waals surface area contributed by atoms with Crippen LogP contribution >= 0.6 is 15.9 Å². The van der Waals surface area contributed by atoms with Crippen molar-refractivity contribution < 1.29 is 19.1 Å². The molecule has 104 valence electrons. The molecule has 0 radical (unpaired) electrons. The van der Waals surface area contributed by atoms with E-state index in [2.05, 4.69) is 21.2 Å². The molecule has 1 rings (SSSR count). The van der Waals surface area contributed by atoms with Gasteiger partial charge in [-0.25, -0.2) is 4.79 Å². The number of carbonyl (C=O) groups excluding carboxylic acids is 2. The van der Waals surface area contributed by atoms with E-state index in [-0.39, 0.29) is 19.1 Å². The minimum absolute atomic E-state index is 0.153. The van der Waals surface area contributed by atoms with Gasteiger partial charge >= 0.3 is 5.97 Å². The average molecular weight is 330 g/mol. The maximum atomic E-state index is 11.6. The Morgan fingerprint density at radius 2 is 2.16 bits per heavy atom. The van der Waals surface area contributed by atoms with Gasteiger partial charge in [-0.15, -0.1) is 0 Å². The Bertz CT molecular complexity index is 450. The maximum Gasteiger partial charge on any atom is 0.328 e. The molecule has 1 amide bonds. The lowest BCUT2D eigenvalue weighted by molar-refractivity contribution is -0.147. The van der Waals surface area contributed by atoms with Crippen molar-refractivity contribution in [3.63, 3.8) is 0 Å². The number of esters is 1. The van der Waals surface area contributed by atoms with Gasteiger partial charge in [-0.05, 0) is 32.0 Å². The van der Waals surface area contributed by atoms with Crippen molar-refractivity contribution >= 4 is 27.8 Å². The molecule has 0 aromatic heterocycles. The lowest BCUT2D eigenvalue weighted by atomic mass is 10.3. The topological polar surface area (TPSA) is 64.6 Å². The number of halogens is 1. The number of carbonyl (C=O) groups is 2. The fourth-order valence-electron chi connectivity index (χ4n) is 1.31. The second kappa shape index (κ2) is 7.78. The molecule has 1 N–H and O–H groups in total. The molecule has 5 nitrogen and oxygen atoms in total. The third-order valence-corrected chi connectivity index (χ3v) is 2.68. The van der Waals surface area contributed by atoms with Gasteiger partial charge in [0.15, 0.2) is 6.61 Å². The largest absolute Gasteiger partial charge is 0.484 e. The van der Waals surface area contributed by atoms with Crippen molar-refractivity contribution in [2.75, 3.05) is 13.2 Å². The number of benzene rings is 1. The summed E-state index contributed by atoms with van der Waals surface area (Å²) in [6.07, 6.45) is 0. The zero-order valence-corrected chi connectivity index (χ0v) is 12.4. The molecular weight excluding hydrogens is 314 g/mol. The minimum atomic E-state index is -0.682. The molecule has 0 bridgehead atoms. The van der Waals surface area contributed by atoms with E-state index in [0.29, 0.717) is 5.75 Å². The van der Waals surface area contributed by atoms with Crippen molar-refractivity contribution in [2.45, 2.75) is 19.9 Å². The van der Waals surface area contributed by atoms with Crippen molar-refractivity contribution in [2.24, 2.45) is 0 Å². The van der Waals surface area contributed by atoms with Crippen LogP contribution in [0.1, 0.15) is 13.8 Å². The van der Waals surface area contributed by atoms with Gasteiger partial charge in [0, 0.05) is 4.47 Å². The van der Waals surface area contributed by atoms with Gasteiger partial charge < -0.3 is 14.8 Å². The first-order valence-electron chi connectivity index (χ1n) is 5.87. The van der Waals surface area contributed by atoms with Gasteiger partial charge in [-0.3, -0.25) is 4.79 Å². The summed E-state index contributed by atoms with van der Waals surface area (Å²) >= 11 is 3.30. The zero-order valence-electron chi connectivity index (χ0n) is 10.8. The lowest BCUT2D eigenvalue weighted by Gasteiger charge is -2.13. The van der Waals surface area contributed by atoms with Crippen LogP contribution in [0.2, 0.25) is 0 Å². The molecule has 0 aliphatic carbocycles. The first-order valence-corrected chi connectivity index (χ1v) is 6.66. The molecular formula is C13H16BrNO4. The van der Waals surface area contributed by atoms with Crippen LogP contribution in [0.25, 0.3) is 0 Å². The van der Waals surface area contributed by atoms with Gasteiger partial charge in [-0.1, -0.05) is 22.0 Å². The molecule has 1 atom stereocenters. The highest BCUT2D eigenvalue weighted by molar-refractivity contribution is 9.10. The van der Waals surface area contributed by atoms with Crippen molar-refractivity contribution in [1.82, 2.24) is 5.32 Å². The maximum absolute atomic E-state index is 11.6. The van der Waals surface area contributed by atoms with Gasteiger partial charge in [0.05, 0.1) is 6.61 Å². The van der Waals surface area contributed by atoms with Crippen LogP contribution < -0.4 is 10.1 Å². The van der Waals surface area contributed by atoms with Crippen molar-refractivity contribution in [3.05, 3.63) is 28.7 Å². The van der Waals surface area contributed by atoms with Gasteiger partial charge in [-0.2, -0.15) is 0 Å². The number of amides is 1. The number of nitrogens with one attached hydrogen (secondary N) is 1. The van der Waals surface area contributed by atoms with E-state index in [0.717, 1.165) is 4.47 Å². The Morgan fingerprint density at radius 1 is 1.42 bits per heavy atom. The normalized spacial score (nSPS) is 11.5. The Hall–Kier alpha value is -1.56. The molecule has 0 saturated carbocycles. The Labute approximate surface area is 120 Å². The van der Waals surface area contributed by atoms with Crippen LogP contribution in [0.3, 0.4) is 0 Å². The number of hydrogen-bond acceptors (Lipinski definition) is 4. The Morgan fingerprint density at radius 3 is 2.79 bits per heavy atom. The molecule has 1 aromatic carbocycles. The zero-order chi connectivity index (χ0) is 14.3. The van der Waals surface area contributed by atoms with Crippen LogP contribution in [-0.4, -0.2) is 31.1 Å². The summed E-state index contributed by atoms with van der Waals surface area (Å²) in [6, 6.07) is 6.47. The van der Waals surface area contributed by atoms with Crippen LogP contribution in [-0.2, 0) is 14.3 Å². The van der Waals surface area contributed by atoms with E-state index < -0.39 is 12.0 Å². The average Bonchev–Trinajstić information content (AvgIpc) is 2.36. The summed E-state index contributed by atoms with van der Waals surface area (Å²) in [4.78, 5) is 22.9. The predicted molar refractivity (Wildman–Crippen MR) is 73.9 cm³/mol. The molecule has 6 heteroatoms. The molecule has 0 aliphatic heterocycles. The number of hydrogen-bond donors (Lipinski definition) is 1. The van der Waals surface area contributed by atoms with Gasteiger partial charge in [0.1, 0.15) is 11.8 Å². The van der Waals surface area contributed by atoms with Crippen LogP contribution in [0.5, 0.6) is 5.75 Å². The fourth-order valence-corrected chi connectivity index (χ4v) is 1.69. The highest BCUT2D eigenvalue weighted by Crippen LogP contribution is 2.17. The first-order chi connectivity index (χ1) is 9.02. The molecule has 0 heterocycles. The van der Waals surface area contributed by atoms with E-state index in [9.17, 15) is 9.59 Å². The second-order valence-corrected chi connectivity index (χ2v) is 4.70. The van der Waals surface area contributed by atoms with Crippen molar-refractivity contribution in [1.29, 1.82) is 0 Å². The second-order valence-electron chi connectivity index (χ2n) is 3.79. The van der Waals surface area contributed by atoms with E-state index >= 15 is 0 Å². The predicted octanol–water partition coefficient (Wildman–Crippen LogP) is 1.90. The quantitative estimate of drug-likeness (QED) is 0.809. The molecule has 1 unspecified atom stereocenters. The van der Waals surface area contributed by atoms with Gasteiger partial charge in [0.25, 0.3) is 5.91 Å². The van der Waals surface area contributed by atoms with Crippen molar-refractivity contribution in [3.8, 4) is 5.75 Å². The van der Waals surface area contributed by atoms with Gasteiger partial charge in [0.2, 0.25) is 0 Å². The third kappa shape index (κ3) is 5.74. The summed E-state index contributed by atoms with van der Waals surface area (Å²) in [6.45, 7) is 3.41. The summed E-state index contributed by atoms with van der Waals surface area (Å²) in [5, 5.41) is 2.50. The monoisotopic (exact) mass is 329 g/mol. The van der Waals surface area contributed by atoms with E-state index in [1.807, 2.05) is 6.07 Å². The number of rotatable bonds is 6. The van der Waals surface area contributed by atoms with E-state index in [1.54, 1.807) is 32.0 Å². The first kappa shape index (κ1) is 15.5. The standard InChI is InChI=1S/C13H16BrNO4/c1-3-18-13(17)9(2)15-12(16)8-19-11-6-4-5-10(14)7-11/h4-7,9H,3,8H2,1-2H3,(H,15,16). The summed E-state index contributed by atoms with van der Waals surface area (Å²) in [5.41, 5.74) is 0. The smallest absolute Gasteiger partial charge is 0.328 e. The molecule has 0 spiro atoms. The number of ether oxygens (including phenoxy) is 2. The highest BCUT2D eigenvalue weighted by atomic mass is 79.9. The molecule has 1 aromatic rings. The summed E-state index contributed by atoms with van der Waals surface area (Å²) in [5.74, 6) is -0.257. The summed E-state index contributed by atoms with van der Waals surface area (Å²) < 4.78 is 10.9. The highest BCUT2D eigenvalue weighted by Gasteiger charge is 2.16. The SMILES string of the molecule is CCOC(=O)C(C)NC(=O)COc1cccc(Br)c1. The molecule has 19 heavy (non-hydrogen) atoms. The van der Waals surface area contributed by atoms with E-state index in [4.69, 9.17) is 9.47 Å². The minimum Gasteiger partial charge on any atom is -0.484 e. The molecule has 0 saturated heterocycles. The van der Waals surface area contributed by atoms with Crippen LogP contribution in [0.15, 0.2) is 28.7 Å². The Balaban J connectivity index is 2.37. The van der Waals surface area contributed by atoms with E-state index in [1.165, 1.54) is 0 Å². The molecule has 0 aliphatic rings.